The summed E-state index contributed by atoms with van der Waals surface area (Å²) in [5, 5.41) is 0.946. The third-order valence-electron chi connectivity index (χ3n) is 8.32. The predicted octanol–water partition coefficient (Wildman–Crippen LogP) is 6.99. The molecule has 202 valence electrons. The molecule has 1 N–H and O–H groups in total. The number of halogens is 1. The summed E-state index contributed by atoms with van der Waals surface area (Å²) >= 11 is 0. The van der Waals surface area contributed by atoms with E-state index in [9.17, 15) is 0 Å². The van der Waals surface area contributed by atoms with Crippen molar-refractivity contribution in [2.75, 3.05) is 33.2 Å². The fraction of sp³-hybridized carbons (Fsp3) is 0.257. The number of fused-ring (bicyclic) bond motifs is 3. The molecule has 40 heavy (non-hydrogen) atoms. The van der Waals surface area contributed by atoms with Crippen LogP contribution in [0.5, 0.6) is 0 Å². The van der Waals surface area contributed by atoms with Gasteiger partial charge in [0.25, 0.3) is 0 Å². The Morgan fingerprint density at radius 1 is 1.10 bits per heavy atom. The molecule has 0 bridgehead atoms. The maximum atomic E-state index is 15.7. The van der Waals surface area contributed by atoms with Crippen LogP contribution in [0.4, 0.5) is 4.39 Å². The van der Waals surface area contributed by atoms with E-state index in [1.807, 2.05) is 49.4 Å². The van der Waals surface area contributed by atoms with Gasteiger partial charge in [0.05, 0.1) is 6.04 Å². The van der Waals surface area contributed by atoms with E-state index >= 15 is 4.39 Å². The van der Waals surface area contributed by atoms with Gasteiger partial charge in [-0.1, -0.05) is 61.2 Å². The van der Waals surface area contributed by atoms with Crippen molar-refractivity contribution in [1.82, 2.24) is 19.8 Å². The van der Waals surface area contributed by atoms with Gasteiger partial charge in [-0.15, -0.1) is 5.73 Å². The van der Waals surface area contributed by atoms with Crippen LogP contribution in [-0.2, 0) is 6.42 Å². The molecule has 1 saturated heterocycles. The van der Waals surface area contributed by atoms with Crippen molar-refractivity contribution in [3.05, 3.63) is 125 Å². The van der Waals surface area contributed by atoms with Gasteiger partial charge in [0.2, 0.25) is 0 Å². The van der Waals surface area contributed by atoms with E-state index in [1.54, 1.807) is 12.3 Å². The molecule has 6 rings (SSSR count). The summed E-state index contributed by atoms with van der Waals surface area (Å²) in [6.07, 6.45) is 17.1. The van der Waals surface area contributed by atoms with Gasteiger partial charge in [-0.3, -0.25) is 4.90 Å². The molecule has 2 atom stereocenters. The zero-order chi connectivity index (χ0) is 27.6. The lowest BCUT2D eigenvalue weighted by molar-refractivity contribution is 0.145. The Morgan fingerprint density at radius 2 is 1.90 bits per heavy atom. The molecule has 3 aliphatic rings. The SMILES string of the molecule is C=C(/C(F)=C\C(=C/C)c1ccccc1)c1ccnc2[nH]c3c(c12)CC(C1=C=CC(N2CCN(C)CC2)C=C1)C=C3. The summed E-state index contributed by atoms with van der Waals surface area (Å²) in [7, 11) is 2.18. The summed E-state index contributed by atoms with van der Waals surface area (Å²) < 4.78 is 15.7. The fourth-order valence-corrected chi connectivity index (χ4v) is 5.90. The van der Waals surface area contributed by atoms with Crippen molar-refractivity contribution in [3.8, 4) is 0 Å². The summed E-state index contributed by atoms with van der Waals surface area (Å²) in [6.45, 7) is 10.5. The molecule has 4 nitrogen and oxygen atoms in total. The highest BCUT2D eigenvalue weighted by atomic mass is 19.1. The van der Waals surface area contributed by atoms with Crippen LogP contribution >= 0.6 is 0 Å². The van der Waals surface area contributed by atoms with Crippen LogP contribution in [-0.4, -0.2) is 59.0 Å². The largest absolute Gasteiger partial charge is 0.339 e. The third-order valence-corrected chi connectivity index (χ3v) is 8.32. The maximum Gasteiger partial charge on any atom is 0.138 e. The summed E-state index contributed by atoms with van der Waals surface area (Å²) in [4.78, 5) is 12.9. The van der Waals surface area contributed by atoms with Crippen molar-refractivity contribution in [3.63, 3.8) is 0 Å². The smallest absolute Gasteiger partial charge is 0.138 e. The first-order valence-electron chi connectivity index (χ1n) is 14.1. The van der Waals surface area contributed by atoms with Crippen LogP contribution in [0.15, 0.2) is 103 Å². The lowest BCUT2D eigenvalue weighted by Gasteiger charge is -2.36. The predicted molar refractivity (Wildman–Crippen MR) is 164 cm³/mol. The molecular weight excluding hydrogens is 495 g/mol. The molecule has 0 radical (unpaired) electrons. The number of benzene rings is 1. The Balaban J connectivity index is 1.28. The summed E-state index contributed by atoms with van der Waals surface area (Å²) in [6, 6.07) is 12.0. The van der Waals surface area contributed by atoms with Gasteiger partial charge in [0, 0.05) is 60.5 Å². The first-order chi connectivity index (χ1) is 19.5. The first kappa shape index (κ1) is 26.2. The molecule has 3 heterocycles. The number of allylic oxidation sites excluding steroid dienone is 7. The lowest BCUT2D eigenvalue weighted by Crippen LogP contribution is -2.48. The highest BCUT2D eigenvalue weighted by molar-refractivity contribution is 5.98. The topological polar surface area (TPSA) is 35.2 Å². The average Bonchev–Trinajstić information content (AvgIpc) is 3.38. The molecule has 2 aliphatic carbocycles. The fourth-order valence-electron chi connectivity index (χ4n) is 5.90. The van der Waals surface area contributed by atoms with Crippen molar-refractivity contribution < 1.29 is 4.39 Å². The number of aromatic nitrogens is 2. The van der Waals surface area contributed by atoms with E-state index in [0.717, 1.165) is 71.6 Å². The van der Waals surface area contributed by atoms with Crippen LogP contribution in [0.1, 0.15) is 29.3 Å². The Hall–Kier alpha value is -4.02. The molecule has 1 aromatic carbocycles. The standard InChI is InChI=1S/C35H35FN4/c1-4-25(26-8-6-5-7-9-26)23-32(36)24(2)30-16-17-37-35-34(30)31-22-28(12-15-33(31)38-35)27-10-13-29(14-11-27)40-20-18-39(3)19-21-40/h4-10,12-17,23,28-29H,2,18-22H2,1,3H3,(H,37,38)/b25-4+,32-23+. The zero-order valence-electron chi connectivity index (χ0n) is 23.2. The van der Waals surface area contributed by atoms with Gasteiger partial charge in [0.15, 0.2) is 0 Å². The number of nitrogens with one attached hydrogen (secondary N) is 1. The zero-order valence-corrected chi connectivity index (χ0v) is 23.2. The Kier molecular flexibility index (Phi) is 7.36. The molecular formula is C35H35FN4. The molecule has 0 spiro atoms. The van der Waals surface area contributed by atoms with E-state index in [2.05, 4.69) is 69.5 Å². The van der Waals surface area contributed by atoms with Gasteiger partial charge in [-0.2, -0.15) is 0 Å². The number of rotatable bonds is 6. The van der Waals surface area contributed by atoms with Gasteiger partial charge in [-0.05, 0) is 67.0 Å². The molecule has 3 aromatic rings. The van der Waals surface area contributed by atoms with E-state index in [1.165, 1.54) is 5.57 Å². The number of hydrogen-bond donors (Lipinski definition) is 1. The number of piperazine rings is 1. The minimum Gasteiger partial charge on any atom is -0.339 e. The van der Waals surface area contributed by atoms with Gasteiger partial charge >= 0.3 is 0 Å². The van der Waals surface area contributed by atoms with Crippen molar-refractivity contribution >= 4 is 28.3 Å². The van der Waals surface area contributed by atoms with Crippen molar-refractivity contribution in [1.29, 1.82) is 0 Å². The number of nitrogens with zero attached hydrogens (tertiary/aromatic N) is 3. The monoisotopic (exact) mass is 530 g/mol. The van der Waals surface area contributed by atoms with E-state index in [4.69, 9.17) is 0 Å². The van der Waals surface area contributed by atoms with E-state index in [-0.39, 0.29) is 11.7 Å². The van der Waals surface area contributed by atoms with Crippen molar-refractivity contribution in [2.45, 2.75) is 19.4 Å². The quantitative estimate of drug-likeness (QED) is 0.276. The van der Waals surface area contributed by atoms with Crippen LogP contribution < -0.4 is 0 Å². The molecule has 5 heteroatoms. The molecule has 0 amide bonds. The number of likely N-dealkylation sites (N-methyl/N-ethyl adjacent to an activating group) is 1. The second-order valence-corrected chi connectivity index (χ2v) is 10.8. The Morgan fingerprint density at radius 3 is 2.62 bits per heavy atom. The number of aromatic amines is 1. The minimum absolute atomic E-state index is 0.196. The summed E-state index contributed by atoms with van der Waals surface area (Å²) in [5.41, 5.74) is 10.6. The Labute approximate surface area is 235 Å². The highest BCUT2D eigenvalue weighted by Gasteiger charge is 2.25. The second kappa shape index (κ2) is 11.2. The van der Waals surface area contributed by atoms with Crippen LogP contribution in [0.25, 0.3) is 28.3 Å². The highest BCUT2D eigenvalue weighted by Crippen LogP contribution is 2.38. The van der Waals surface area contributed by atoms with Crippen LogP contribution in [0.2, 0.25) is 0 Å². The van der Waals surface area contributed by atoms with Gasteiger partial charge in [0.1, 0.15) is 11.5 Å². The van der Waals surface area contributed by atoms with Crippen LogP contribution in [0.3, 0.4) is 0 Å². The maximum absolute atomic E-state index is 15.7. The number of H-pyrrole nitrogens is 1. The summed E-state index contributed by atoms with van der Waals surface area (Å²) in [5.74, 6) is -0.153. The number of hydrogen-bond acceptors (Lipinski definition) is 3. The molecule has 1 aliphatic heterocycles. The van der Waals surface area contributed by atoms with Gasteiger partial charge < -0.3 is 9.88 Å². The Bertz CT molecular complexity index is 1620. The number of pyridine rings is 1. The minimum atomic E-state index is -0.349. The van der Waals surface area contributed by atoms with E-state index < -0.39 is 0 Å². The lowest BCUT2D eigenvalue weighted by atomic mass is 9.84. The molecule has 0 saturated carbocycles. The second-order valence-electron chi connectivity index (χ2n) is 10.8. The third kappa shape index (κ3) is 5.12. The molecule has 2 aromatic heterocycles. The van der Waals surface area contributed by atoms with Crippen LogP contribution in [0, 0.1) is 5.92 Å². The first-order valence-corrected chi connectivity index (χ1v) is 14.1. The average molecular weight is 531 g/mol. The normalized spacial score (nSPS) is 22.0. The molecule has 1 fully saturated rings. The van der Waals surface area contributed by atoms with Gasteiger partial charge in [-0.25, -0.2) is 9.37 Å². The van der Waals surface area contributed by atoms with Crippen molar-refractivity contribution in [2.24, 2.45) is 5.92 Å². The molecule has 2 unspecified atom stereocenters. The van der Waals surface area contributed by atoms with E-state index in [0.29, 0.717) is 11.6 Å².